The number of aromatic nitrogens is 5. The summed E-state index contributed by atoms with van der Waals surface area (Å²) < 4.78 is 76.0. The van der Waals surface area contributed by atoms with Crippen LogP contribution in [0, 0.1) is 48.3 Å². The monoisotopic (exact) mass is 1710 g/mol. The Hall–Kier alpha value is -7.07. The van der Waals surface area contributed by atoms with Crippen LogP contribution < -0.4 is 5.73 Å². The fraction of sp³-hybridized carbons (Fsp3) is 0.710. The number of carbonyl (C=O) groups is 6. The van der Waals surface area contributed by atoms with E-state index in [0.29, 0.717) is 187 Å². The molecule has 2 bridgehead atoms. The number of carbonyl (C=O) groups excluding carboxylic acids is 6. The Labute approximate surface area is 721 Å². The van der Waals surface area contributed by atoms with Crippen molar-refractivity contribution in [3.8, 4) is 11.4 Å². The first-order valence-electron chi connectivity index (χ1n) is 44.7. The van der Waals surface area contributed by atoms with Crippen LogP contribution >= 0.6 is 0 Å². The molecule has 0 spiro atoms. The van der Waals surface area contributed by atoms with E-state index >= 15 is 0 Å². The van der Waals surface area contributed by atoms with Gasteiger partial charge in [0.15, 0.2) is 11.6 Å². The number of cyclic esters (lactones) is 1. The second kappa shape index (κ2) is 52.1. The Morgan fingerprint density at radius 1 is 0.713 bits per heavy atom. The van der Waals surface area contributed by atoms with E-state index in [-0.39, 0.29) is 73.3 Å². The van der Waals surface area contributed by atoms with Gasteiger partial charge in [-0.25, -0.2) is 19.3 Å². The molecule has 122 heavy (non-hydrogen) atoms. The average Bonchev–Trinajstić information content (AvgIpc) is 1.58. The average molecular weight is 1710 g/mol. The summed E-state index contributed by atoms with van der Waals surface area (Å²) in [6.45, 7) is 26.3. The minimum Gasteiger partial charge on any atom is -0.460 e. The maximum atomic E-state index is 14.7. The van der Waals surface area contributed by atoms with Crippen LogP contribution in [0.2, 0.25) is 0 Å². The minimum absolute atomic E-state index is 0.0100. The van der Waals surface area contributed by atoms with Gasteiger partial charge >= 0.3 is 11.9 Å². The number of methoxy groups -OCH3 is 3. The zero-order valence-corrected chi connectivity index (χ0v) is 74.8. The van der Waals surface area contributed by atoms with Crippen LogP contribution in [0.1, 0.15) is 208 Å². The number of esters is 2. The number of fused-ring (bicyclic) bond motifs is 5. The van der Waals surface area contributed by atoms with Gasteiger partial charge in [0.05, 0.1) is 96.2 Å². The highest BCUT2D eigenvalue weighted by Gasteiger charge is 2.53. The molecule has 6 heterocycles. The number of amides is 1. The van der Waals surface area contributed by atoms with Gasteiger partial charge in [-0.3, -0.25) is 24.0 Å². The number of nitrogens with zero attached hydrogens (tertiary/aromatic N) is 5. The topological polar surface area (TPSA) is 371 Å². The normalized spacial score (nSPS) is 29.5. The predicted octanol–water partition coefficient (Wildman–Crippen LogP) is 12.2. The Morgan fingerprint density at radius 3 is 2.01 bits per heavy atom. The molecule has 9 rings (SSSR count). The Kier molecular flexibility index (Phi) is 42.9. The van der Waals surface area contributed by atoms with Crippen LogP contribution in [0.3, 0.4) is 0 Å². The number of nitrogens with two attached hydrogens (primary N) is 1. The van der Waals surface area contributed by atoms with Gasteiger partial charge in [0, 0.05) is 120 Å². The summed E-state index contributed by atoms with van der Waals surface area (Å²) >= 11 is 0. The van der Waals surface area contributed by atoms with Crippen molar-refractivity contribution in [1.29, 1.82) is 0 Å². The lowest BCUT2D eigenvalue weighted by Gasteiger charge is -2.43. The number of nitrogen functional groups attached to an aromatic ring is 1. The first kappa shape index (κ1) is 100. The van der Waals surface area contributed by atoms with Gasteiger partial charge < -0.3 is 92.5 Å². The number of Topliss-reactive ketones (excluding diaryl/α,β-unsaturated/α-hetero) is 3. The van der Waals surface area contributed by atoms with Crippen molar-refractivity contribution in [3.05, 3.63) is 89.6 Å². The number of aryl methyl sites for hydroxylation is 1. The Balaban J connectivity index is 0.000000381. The molecule has 682 valence electrons. The molecule has 1 amide bonds. The zero-order valence-electron chi connectivity index (χ0n) is 74.8. The second-order valence-corrected chi connectivity index (χ2v) is 33.9. The smallest absolute Gasteiger partial charge is 0.329 e. The lowest BCUT2D eigenvalue weighted by Crippen LogP contribution is -2.61. The number of ether oxygens (including phenoxy) is 13. The number of hydrogen-bond donors (Lipinski definition) is 5. The number of benzene rings is 1. The molecule has 5 aliphatic rings. The molecule has 29 nitrogen and oxygen atoms in total. The number of aromatic amines is 1. The quantitative estimate of drug-likeness (QED) is 0.0124. The third kappa shape index (κ3) is 29.8. The first-order chi connectivity index (χ1) is 58.7. The van der Waals surface area contributed by atoms with Crippen LogP contribution in [0.25, 0.3) is 27.8 Å². The van der Waals surface area contributed by atoms with Crippen molar-refractivity contribution in [1.82, 2.24) is 29.5 Å². The van der Waals surface area contributed by atoms with E-state index in [0.717, 1.165) is 71.3 Å². The lowest BCUT2D eigenvalue weighted by molar-refractivity contribution is -0.265. The van der Waals surface area contributed by atoms with Gasteiger partial charge in [0.1, 0.15) is 59.6 Å². The third-order valence-electron chi connectivity index (χ3n) is 24.7. The molecule has 3 aromatic heterocycles. The van der Waals surface area contributed by atoms with Crippen molar-refractivity contribution in [2.45, 2.75) is 264 Å². The Morgan fingerprint density at radius 2 is 1.37 bits per heavy atom. The van der Waals surface area contributed by atoms with Crippen LogP contribution in [-0.2, 0) is 90.3 Å². The molecule has 1 aromatic carbocycles. The summed E-state index contributed by atoms with van der Waals surface area (Å²) in [4.78, 5) is 97.3. The van der Waals surface area contributed by atoms with E-state index in [1.807, 2.05) is 76.4 Å². The van der Waals surface area contributed by atoms with E-state index in [1.54, 1.807) is 41.1 Å². The van der Waals surface area contributed by atoms with Crippen molar-refractivity contribution < 1.29 is 106 Å². The SMILES string of the molecule is CCOCCOCCOCCCC(=O)C1CCC(c2nc(-c3cc4cccc(C)c4[nH]3)c3c(N)ncnn23)CC1.CCOCCOCCOCCOCCCC(=O)O[C@@H]1CC[C@@H](C[C@@H](C)[C@@H]2C[C@@H](O)[C@H](C)/C=C(\C)[C@@H](O)[C@@H](OC)C(=O)[C@H](C)C[C@H](C)/C=C/C=C/C=C(\C)[C@@H](OC)C[C@@H]3CC[C@@H](C)[C@@](O)(O3)C(=O)C(=O)N3CCCC[C@H]3C(=O)O2)C[C@H]1OC. The summed E-state index contributed by atoms with van der Waals surface area (Å²) in [6.07, 6.45) is 17.2. The van der Waals surface area contributed by atoms with Crippen molar-refractivity contribution in [2.24, 2.45) is 41.4 Å². The first-order valence-corrected chi connectivity index (χ1v) is 44.7. The van der Waals surface area contributed by atoms with Gasteiger partial charge in [-0.05, 0) is 178 Å². The molecule has 0 unspecified atom stereocenters. The molecule has 0 radical (unpaired) electrons. The fourth-order valence-electron chi connectivity index (χ4n) is 17.4. The van der Waals surface area contributed by atoms with Gasteiger partial charge in [-0.15, -0.1) is 0 Å². The molecule has 3 aliphatic heterocycles. The summed E-state index contributed by atoms with van der Waals surface area (Å²) in [5, 5.41) is 41.3. The number of H-pyrrole nitrogens is 1. The standard InChI is InChI=1S/C63H103NO18.C30H40N6O4/c1-12-76-29-30-78-33-34-79-32-31-77-28-18-22-56(66)80-52-26-24-48(38-55(52)74-10)37-44(5)54-40-51(65)43(4)36-46(7)58(68)59(75-11)57(67)45(6)35-41(2)19-14-13-15-20-42(3)53(73-9)39-49-25-23-47(8)63(72,82-49)60(69)61(70)64-27-17-16-21-50(64)62(71)81-54;1-3-38-14-15-40-17-16-39-13-5-8-25(37)21-9-11-22(12-10-21)30-35-27(28-29(31)32-19-33-36(28)30)24-18-23-7-4-6-20(2)26(23)34-24/h13-15,19-20,36,41,43-45,47-55,58-59,65,68,72H,12,16-18,21-35,37-40H2,1-11H3;4,6-7,18-19,21-22,34H,3,5,8-17H2,1-2H3,(H2,31,32,33)/b15-13+,19-14+,42-20+,46-36+;/t41-,43-,44-,45-,47-,48+,49+,50+,51-,52-,53+,54+,55-,58-,59+,63-;/m1./s1. The van der Waals surface area contributed by atoms with E-state index in [9.17, 15) is 44.1 Å². The summed E-state index contributed by atoms with van der Waals surface area (Å²) in [6, 6.07) is 7.18. The zero-order chi connectivity index (χ0) is 88.3. The van der Waals surface area contributed by atoms with Gasteiger partial charge in [0.25, 0.3) is 11.7 Å². The highest BCUT2D eigenvalue weighted by atomic mass is 16.6. The number of anilines is 1. The molecule has 16 atom stereocenters. The third-order valence-corrected chi connectivity index (χ3v) is 24.7. The maximum absolute atomic E-state index is 14.7. The second-order valence-electron chi connectivity index (χ2n) is 33.9. The highest BCUT2D eigenvalue weighted by Crippen LogP contribution is 2.42. The summed E-state index contributed by atoms with van der Waals surface area (Å²) in [5.74, 6) is -6.06. The van der Waals surface area contributed by atoms with Gasteiger partial charge in [0.2, 0.25) is 5.79 Å². The minimum atomic E-state index is -2.45. The van der Waals surface area contributed by atoms with Crippen molar-refractivity contribution in [3.63, 3.8) is 0 Å². The summed E-state index contributed by atoms with van der Waals surface area (Å²) in [7, 11) is 4.56. The molecular formula is C93H143N7O22. The highest BCUT2D eigenvalue weighted by molar-refractivity contribution is 6.39. The van der Waals surface area contributed by atoms with Crippen LogP contribution in [0.5, 0.6) is 0 Å². The molecule has 6 N–H and O–H groups in total. The molecular weight excluding hydrogens is 1570 g/mol. The van der Waals surface area contributed by atoms with E-state index in [4.69, 9.17) is 72.3 Å². The molecule has 4 fully saturated rings. The number of imidazole rings is 1. The number of nitrogens with one attached hydrogen (secondary N) is 1. The number of piperidine rings is 1. The van der Waals surface area contributed by atoms with E-state index in [2.05, 4.69) is 46.3 Å². The number of ketones is 3. The van der Waals surface area contributed by atoms with Crippen molar-refractivity contribution >= 4 is 57.4 Å². The molecule has 29 heteroatoms. The van der Waals surface area contributed by atoms with E-state index < -0.39 is 90.0 Å². The van der Waals surface area contributed by atoms with Crippen LogP contribution in [0.15, 0.2) is 78.2 Å². The maximum Gasteiger partial charge on any atom is 0.329 e. The number of aliphatic hydroxyl groups excluding tert-OH is 2. The fourth-order valence-corrected chi connectivity index (χ4v) is 17.4. The number of aliphatic hydroxyl groups is 3. The lowest BCUT2D eigenvalue weighted by atomic mass is 9.78. The largest absolute Gasteiger partial charge is 0.460 e. The van der Waals surface area contributed by atoms with Gasteiger partial charge in [-0.2, -0.15) is 5.10 Å². The van der Waals surface area contributed by atoms with Gasteiger partial charge in [-0.1, -0.05) is 89.3 Å². The Bertz CT molecular complexity index is 4000. The number of hydrogen-bond acceptors (Lipinski definition) is 26. The number of allylic oxidation sites excluding steroid dienone is 5. The number of para-hydroxylation sites is 1. The molecule has 4 aromatic rings. The molecule has 2 aliphatic carbocycles. The molecule has 2 saturated heterocycles. The molecule has 2 saturated carbocycles. The van der Waals surface area contributed by atoms with Crippen LogP contribution in [-0.4, -0.2) is 261 Å². The predicted molar refractivity (Wildman–Crippen MR) is 462 cm³/mol. The van der Waals surface area contributed by atoms with Crippen LogP contribution in [0.4, 0.5) is 5.82 Å². The van der Waals surface area contributed by atoms with Crippen molar-refractivity contribution in [2.75, 3.05) is 126 Å². The van der Waals surface area contributed by atoms with E-state index in [1.165, 1.54) is 23.9 Å². The number of rotatable bonds is 35. The summed E-state index contributed by atoms with van der Waals surface area (Å²) in [5.41, 5.74) is 12.3.